The first-order valence-electron chi connectivity index (χ1n) is 13.5. The quantitative estimate of drug-likeness (QED) is 0.301. The molecule has 0 aliphatic rings. The highest BCUT2D eigenvalue weighted by atomic mass is 32.2. The molecule has 3 aromatic carbocycles. The van der Waals surface area contributed by atoms with Crippen molar-refractivity contribution in [3.63, 3.8) is 0 Å². The molecule has 0 aliphatic heterocycles. The zero-order valence-corrected chi connectivity index (χ0v) is 24.1. The Balaban J connectivity index is 1.99. The van der Waals surface area contributed by atoms with Crippen LogP contribution in [0.4, 0.5) is 5.69 Å². The third kappa shape index (κ3) is 7.93. The van der Waals surface area contributed by atoms with Crippen molar-refractivity contribution in [2.24, 2.45) is 0 Å². The Morgan fingerprint density at radius 3 is 2.21 bits per heavy atom. The topological polar surface area (TPSA) is 86.8 Å². The van der Waals surface area contributed by atoms with Gasteiger partial charge >= 0.3 is 0 Å². The summed E-state index contributed by atoms with van der Waals surface area (Å²) in [7, 11) is -4.06. The molecule has 1 N–H and O–H groups in total. The zero-order valence-electron chi connectivity index (χ0n) is 23.3. The van der Waals surface area contributed by atoms with Crippen molar-refractivity contribution in [3.8, 4) is 0 Å². The number of hydrogen-bond acceptors (Lipinski definition) is 4. The number of unbranched alkanes of at least 4 members (excludes halogenated alkanes) is 1. The molecule has 208 valence electrons. The maximum Gasteiger partial charge on any atom is 0.264 e. The Morgan fingerprint density at radius 2 is 1.59 bits per heavy atom. The number of nitrogens with one attached hydrogen (secondary N) is 1. The van der Waals surface area contributed by atoms with Crippen LogP contribution < -0.4 is 9.62 Å². The number of amides is 2. The van der Waals surface area contributed by atoms with E-state index in [0.717, 1.165) is 40.3 Å². The SMILES string of the molecule is CCCCNC(=O)[C@@H](C)N(Cc1cccc(C)c1)C(=O)CN(c1ccc(CC)cc1)S(=O)(=O)c1ccccc1. The first-order valence-corrected chi connectivity index (χ1v) is 14.9. The summed E-state index contributed by atoms with van der Waals surface area (Å²) < 4.78 is 28.7. The van der Waals surface area contributed by atoms with E-state index in [4.69, 9.17) is 0 Å². The summed E-state index contributed by atoms with van der Waals surface area (Å²) in [6.45, 7) is 7.96. The van der Waals surface area contributed by atoms with Gasteiger partial charge in [-0.05, 0) is 62.1 Å². The van der Waals surface area contributed by atoms with Crippen LogP contribution in [0.25, 0.3) is 0 Å². The van der Waals surface area contributed by atoms with Gasteiger partial charge < -0.3 is 10.2 Å². The van der Waals surface area contributed by atoms with Gasteiger partial charge in [-0.1, -0.05) is 80.4 Å². The van der Waals surface area contributed by atoms with E-state index in [1.165, 1.54) is 17.0 Å². The van der Waals surface area contributed by atoms with Gasteiger partial charge in [0.05, 0.1) is 10.6 Å². The van der Waals surface area contributed by atoms with Gasteiger partial charge in [0.25, 0.3) is 10.0 Å². The Hall–Kier alpha value is -3.65. The molecule has 3 rings (SSSR count). The fraction of sp³-hybridized carbons (Fsp3) is 0.355. The lowest BCUT2D eigenvalue weighted by Crippen LogP contribution is -2.51. The molecule has 0 spiro atoms. The van der Waals surface area contributed by atoms with Crippen molar-refractivity contribution in [2.45, 2.75) is 64.4 Å². The van der Waals surface area contributed by atoms with Crippen LogP contribution in [0.5, 0.6) is 0 Å². The van der Waals surface area contributed by atoms with E-state index in [1.54, 1.807) is 37.3 Å². The third-order valence-electron chi connectivity index (χ3n) is 6.67. The molecule has 0 aromatic heterocycles. The fourth-order valence-electron chi connectivity index (χ4n) is 4.27. The summed E-state index contributed by atoms with van der Waals surface area (Å²) in [6, 6.07) is 22.2. The first kappa shape index (κ1) is 29.9. The number of benzene rings is 3. The number of anilines is 1. The van der Waals surface area contributed by atoms with Crippen LogP contribution in [0.2, 0.25) is 0 Å². The Bertz CT molecular complexity index is 1340. The maximum atomic E-state index is 13.9. The molecule has 1 atom stereocenters. The maximum absolute atomic E-state index is 13.9. The molecular weight excluding hydrogens is 510 g/mol. The fourth-order valence-corrected chi connectivity index (χ4v) is 5.71. The molecule has 0 fully saturated rings. The Morgan fingerprint density at radius 1 is 0.897 bits per heavy atom. The highest BCUT2D eigenvalue weighted by molar-refractivity contribution is 7.92. The molecule has 0 bridgehead atoms. The molecule has 0 heterocycles. The minimum atomic E-state index is -4.06. The van der Waals surface area contributed by atoms with Crippen molar-refractivity contribution < 1.29 is 18.0 Å². The van der Waals surface area contributed by atoms with Gasteiger partial charge in [-0.15, -0.1) is 0 Å². The van der Waals surface area contributed by atoms with E-state index in [9.17, 15) is 18.0 Å². The van der Waals surface area contributed by atoms with Crippen LogP contribution in [0.3, 0.4) is 0 Å². The summed E-state index contributed by atoms with van der Waals surface area (Å²) in [5.74, 6) is -0.733. The van der Waals surface area contributed by atoms with Gasteiger partial charge in [0.15, 0.2) is 0 Å². The van der Waals surface area contributed by atoms with Crippen molar-refractivity contribution in [3.05, 3.63) is 95.6 Å². The molecule has 7 nitrogen and oxygen atoms in total. The van der Waals surface area contributed by atoms with Crippen LogP contribution in [0.15, 0.2) is 83.8 Å². The molecule has 0 unspecified atom stereocenters. The van der Waals surface area contributed by atoms with Crippen molar-refractivity contribution in [2.75, 3.05) is 17.4 Å². The monoisotopic (exact) mass is 549 g/mol. The molecule has 39 heavy (non-hydrogen) atoms. The van der Waals surface area contributed by atoms with Gasteiger partial charge in [-0.3, -0.25) is 13.9 Å². The van der Waals surface area contributed by atoms with E-state index in [2.05, 4.69) is 5.32 Å². The number of hydrogen-bond donors (Lipinski definition) is 1. The highest BCUT2D eigenvalue weighted by Crippen LogP contribution is 2.25. The van der Waals surface area contributed by atoms with Crippen LogP contribution in [-0.2, 0) is 32.6 Å². The van der Waals surface area contributed by atoms with E-state index in [-0.39, 0.29) is 17.3 Å². The second kappa shape index (κ2) is 13.9. The lowest BCUT2D eigenvalue weighted by molar-refractivity contribution is -0.139. The molecule has 0 saturated carbocycles. The largest absolute Gasteiger partial charge is 0.354 e. The molecule has 0 radical (unpaired) electrons. The van der Waals surface area contributed by atoms with E-state index < -0.39 is 28.5 Å². The molecule has 2 amide bonds. The summed E-state index contributed by atoms with van der Waals surface area (Å²) in [6.07, 6.45) is 2.57. The molecule has 3 aromatic rings. The predicted octanol–water partition coefficient (Wildman–Crippen LogP) is 5.09. The average Bonchev–Trinajstić information content (AvgIpc) is 2.94. The van der Waals surface area contributed by atoms with Crippen molar-refractivity contribution >= 4 is 27.5 Å². The summed E-state index contributed by atoms with van der Waals surface area (Å²) in [5.41, 5.74) is 3.34. The van der Waals surface area contributed by atoms with Gasteiger partial charge in [0.2, 0.25) is 11.8 Å². The van der Waals surface area contributed by atoms with E-state index in [1.807, 2.05) is 57.2 Å². The van der Waals surface area contributed by atoms with Gasteiger partial charge in [0, 0.05) is 13.1 Å². The van der Waals surface area contributed by atoms with E-state index in [0.29, 0.717) is 12.2 Å². The predicted molar refractivity (Wildman–Crippen MR) is 156 cm³/mol. The standard InChI is InChI=1S/C31H39N3O4S/c1-5-7-20-32-31(36)25(4)33(22-27-13-11-12-24(3)21-27)30(35)23-34(28-18-16-26(6-2)17-19-28)39(37,38)29-14-9-8-10-15-29/h8-19,21,25H,5-7,20,22-23H2,1-4H3,(H,32,36)/t25-/m1/s1. The molecule has 0 saturated heterocycles. The highest BCUT2D eigenvalue weighted by Gasteiger charge is 2.32. The minimum Gasteiger partial charge on any atom is -0.354 e. The van der Waals surface area contributed by atoms with Crippen LogP contribution >= 0.6 is 0 Å². The molecular formula is C31H39N3O4S. The number of nitrogens with zero attached hydrogens (tertiary/aromatic N) is 2. The number of carbonyl (C=O) groups is 2. The van der Waals surface area contributed by atoms with Gasteiger partial charge in [-0.25, -0.2) is 8.42 Å². The van der Waals surface area contributed by atoms with Crippen LogP contribution in [0, 0.1) is 6.92 Å². The first-order chi connectivity index (χ1) is 18.7. The normalized spacial score (nSPS) is 12.0. The number of rotatable bonds is 13. The smallest absolute Gasteiger partial charge is 0.264 e. The summed E-state index contributed by atoms with van der Waals surface area (Å²) in [4.78, 5) is 28.5. The number of carbonyl (C=O) groups excluding carboxylic acids is 2. The third-order valence-corrected chi connectivity index (χ3v) is 8.46. The van der Waals surface area contributed by atoms with E-state index >= 15 is 0 Å². The number of aryl methyl sites for hydroxylation is 2. The lowest BCUT2D eigenvalue weighted by Gasteiger charge is -2.32. The minimum absolute atomic E-state index is 0.0907. The zero-order chi connectivity index (χ0) is 28.4. The van der Waals surface area contributed by atoms with Gasteiger partial charge in [0.1, 0.15) is 12.6 Å². The van der Waals surface area contributed by atoms with Crippen molar-refractivity contribution in [1.29, 1.82) is 0 Å². The Kier molecular flexibility index (Phi) is 10.7. The lowest BCUT2D eigenvalue weighted by atomic mass is 10.1. The van der Waals surface area contributed by atoms with Crippen LogP contribution in [-0.4, -0.2) is 44.3 Å². The second-order valence-electron chi connectivity index (χ2n) is 9.68. The van der Waals surface area contributed by atoms with Crippen molar-refractivity contribution in [1.82, 2.24) is 10.2 Å². The molecule has 0 aliphatic carbocycles. The number of sulfonamides is 1. The molecule has 8 heteroatoms. The summed E-state index contributed by atoms with van der Waals surface area (Å²) in [5, 5.41) is 2.90. The van der Waals surface area contributed by atoms with Gasteiger partial charge in [-0.2, -0.15) is 0 Å². The summed E-state index contributed by atoms with van der Waals surface area (Å²) >= 11 is 0. The Labute approximate surface area is 232 Å². The second-order valence-corrected chi connectivity index (χ2v) is 11.5. The average molecular weight is 550 g/mol. The van der Waals surface area contributed by atoms with Crippen LogP contribution in [0.1, 0.15) is 50.3 Å².